The van der Waals surface area contributed by atoms with Crippen molar-refractivity contribution in [2.24, 2.45) is 11.3 Å². The number of carbonyl (C=O) groups is 2. The van der Waals surface area contributed by atoms with Gasteiger partial charge in [0, 0.05) is 6.42 Å². The molecule has 3 heteroatoms. The molecule has 1 N–H and O–H groups in total. The second-order valence-electron chi connectivity index (χ2n) is 4.08. The molecule has 0 amide bonds. The summed E-state index contributed by atoms with van der Waals surface area (Å²) in [5.41, 5.74) is -0.772. The first-order valence-electron chi connectivity index (χ1n) is 4.53. The molecular formula is C10H18O3. The fourth-order valence-corrected chi connectivity index (χ4v) is 1.08. The highest BCUT2D eigenvalue weighted by Gasteiger charge is 2.36. The van der Waals surface area contributed by atoms with E-state index in [1.54, 1.807) is 6.92 Å². The SMILES string of the molecule is CC(=O)CC[C@](C)(C(=O)O)C(C)C. The molecule has 3 nitrogen and oxygen atoms in total. The van der Waals surface area contributed by atoms with Crippen LogP contribution in [0.2, 0.25) is 0 Å². The summed E-state index contributed by atoms with van der Waals surface area (Å²) in [6.07, 6.45) is 0.774. The first-order valence-corrected chi connectivity index (χ1v) is 4.53. The van der Waals surface area contributed by atoms with Crippen molar-refractivity contribution in [3.63, 3.8) is 0 Å². The maximum atomic E-state index is 11.0. The van der Waals surface area contributed by atoms with Gasteiger partial charge in [-0.1, -0.05) is 13.8 Å². The first-order chi connectivity index (χ1) is 5.80. The highest BCUT2D eigenvalue weighted by molar-refractivity contribution is 5.78. The zero-order chi connectivity index (χ0) is 10.6. The monoisotopic (exact) mass is 186 g/mol. The number of ketones is 1. The summed E-state index contributed by atoms with van der Waals surface area (Å²) in [6, 6.07) is 0. The van der Waals surface area contributed by atoms with Gasteiger partial charge in [-0.3, -0.25) is 4.79 Å². The van der Waals surface area contributed by atoms with E-state index in [4.69, 9.17) is 5.11 Å². The minimum Gasteiger partial charge on any atom is -0.481 e. The van der Waals surface area contributed by atoms with Gasteiger partial charge in [0.2, 0.25) is 0 Å². The average molecular weight is 186 g/mol. The summed E-state index contributed by atoms with van der Waals surface area (Å²) in [6.45, 7) is 6.92. The van der Waals surface area contributed by atoms with Crippen molar-refractivity contribution in [3.8, 4) is 0 Å². The van der Waals surface area contributed by atoms with Gasteiger partial charge >= 0.3 is 5.97 Å². The van der Waals surface area contributed by atoms with E-state index in [0.717, 1.165) is 0 Å². The fraction of sp³-hybridized carbons (Fsp3) is 0.800. The standard InChI is InChI=1S/C10H18O3/c1-7(2)10(4,9(12)13)6-5-8(3)11/h7H,5-6H2,1-4H3,(H,12,13)/t10-/m0/s1. The molecule has 0 saturated heterocycles. The van der Waals surface area contributed by atoms with Crippen LogP contribution in [0.5, 0.6) is 0 Å². The van der Waals surface area contributed by atoms with Gasteiger partial charge in [0.25, 0.3) is 0 Å². The van der Waals surface area contributed by atoms with Crippen LogP contribution >= 0.6 is 0 Å². The third-order valence-electron chi connectivity index (χ3n) is 2.76. The predicted molar refractivity (Wildman–Crippen MR) is 50.5 cm³/mol. The lowest BCUT2D eigenvalue weighted by Gasteiger charge is -2.28. The van der Waals surface area contributed by atoms with Crippen LogP contribution in [0.1, 0.15) is 40.5 Å². The molecule has 0 saturated carbocycles. The second-order valence-corrected chi connectivity index (χ2v) is 4.08. The lowest BCUT2D eigenvalue weighted by Crippen LogP contribution is -2.33. The average Bonchev–Trinajstić information content (AvgIpc) is 1.99. The Morgan fingerprint density at radius 1 is 1.38 bits per heavy atom. The molecular weight excluding hydrogens is 168 g/mol. The largest absolute Gasteiger partial charge is 0.481 e. The molecule has 0 aromatic carbocycles. The quantitative estimate of drug-likeness (QED) is 0.715. The first kappa shape index (κ1) is 12.1. The van der Waals surface area contributed by atoms with Gasteiger partial charge in [-0.25, -0.2) is 0 Å². The summed E-state index contributed by atoms with van der Waals surface area (Å²) in [7, 11) is 0. The van der Waals surface area contributed by atoms with Gasteiger partial charge in [-0.2, -0.15) is 0 Å². The van der Waals surface area contributed by atoms with Crippen molar-refractivity contribution in [1.29, 1.82) is 0 Å². The Balaban J connectivity index is 4.43. The molecule has 0 bridgehead atoms. The van der Waals surface area contributed by atoms with E-state index in [9.17, 15) is 9.59 Å². The molecule has 76 valence electrons. The third-order valence-corrected chi connectivity index (χ3v) is 2.76. The fourth-order valence-electron chi connectivity index (χ4n) is 1.08. The highest BCUT2D eigenvalue weighted by atomic mass is 16.4. The van der Waals surface area contributed by atoms with Crippen LogP contribution in [0, 0.1) is 11.3 Å². The van der Waals surface area contributed by atoms with Gasteiger partial charge in [-0.15, -0.1) is 0 Å². The molecule has 0 aliphatic carbocycles. The molecule has 13 heavy (non-hydrogen) atoms. The number of carboxylic acids is 1. The zero-order valence-electron chi connectivity index (χ0n) is 8.76. The van der Waals surface area contributed by atoms with E-state index in [2.05, 4.69) is 0 Å². The zero-order valence-corrected chi connectivity index (χ0v) is 8.76. The molecule has 0 aliphatic rings. The normalized spacial score (nSPS) is 15.5. The molecule has 0 aromatic heterocycles. The van der Waals surface area contributed by atoms with Crippen molar-refractivity contribution in [2.45, 2.75) is 40.5 Å². The van der Waals surface area contributed by atoms with Crippen molar-refractivity contribution in [2.75, 3.05) is 0 Å². The molecule has 1 atom stereocenters. The van der Waals surface area contributed by atoms with E-state index in [-0.39, 0.29) is 11.7 Å². The molecule has 0 rings (SSSR count). The van der Waals surface area contributed by atoms with E-state index in [0.29, 0.717) is 12.8 Å². The molecule has 0 spiro atoms. The summed E-state index contributed by atoms with van der Waals surface area (Å²) >= 11 is 0. The van der Waals surface area contributed by atoms with Gasteiger partial charge in [0.15, 0.2) is 0 Å². The highest BCUT2D eigenvalue weighted by Crippen LogP contribution is 2.32. The Labute approximate surface area is 79.1 Å². The number of hydrogen-bond donors (Lipinski definition) is 1. The lowest BCUT2D eigenvalue weighted by molar-refractivity contribution is -0.151. The summed E-state index contributed by atoms with van der Waals surface area (Å²) < 4.78 is 0. The smallest absolute Gasteiger partial charge is 0.309 e. The Morgan fingerprint density at radius 3 is 2.08 bits per heavy atom. The van der Waals surface area contributed by atoms with E-state index >= 15 is 0 Å². The summed E-state index contributed by atoms with van der Waals surface area (Å²) in [5, 5.41) is 9.00. The van der Waals surface area contributed by atoms with Crippen LogP contribution in [0.15, 0.2) is 0 Å². The van der Waals surface area contributed by atoms with Gasteiger partial charge in [0.05, 0.1) is 5.41 Å². The van der Waals surface area contributed by atoms with Crippen LogP contribution < -0.4 is 0 Å². The number of aliphatic carboxylic acids is 1. The number of carbonyl (C=O) groups excluding carboxylic acids is 1. The molecule has 0 fully saturated rings. The molecule has 0 unspecified atom stereocenters. The maximum absolute atomic E-state index is 11.0. The van der Waals surface area contributed by atoms with Crippen molar-refractivity contribution in [3.05, 3.63) is 0 Å². The minimum atomic E-state index is -0.816. The Bertz CT molecular complexity index is 208. The Hall–Kier alpha value is -0.860. The Morgan fingerprint density at radius 2 is 1.85 bits per heavy atom. The maximum Gasteiger partial charge on any atom is 0.309 e. The third kappa shape index (κ3) is 3.17. The number of carboxylic acid groups (broad SMARTS) is 1. The van der Waals surface area contributed by atoms with Crippen molar-refractivity contribution in [1.82, 2.24) is 0 Å². The molecule has 0 radical (unpaired) electrons. The van der Waals surface area contributed by atoms with Crippen molar-refractivity contribution < 1.29 is 14.7 Å². The molecule has 0 aromatic rings. The van der Waals surface area contributed by atoms with E-state index in [1.807, 2.05) is 13.8 Å². The van der Waals surface area contributed by atoms with Gasteiger partial charge in [0.1, 0.15) is 5.78 Å². The van der Waals surface area contributed by atoms with Gasteiger partial charge < -0.3 is 9.90 Å². The van der Waals surface area contributed by atoms with E-state index < -0.39 is 11.4 Å². The van der Waals surface area contributed by atoms with Crippen LogP contribution in [0.25, 0.3) is 0 Å². The summed E-state index contributed by atoms with van der Waals surface area (Å²) in [5.74, 6) is -0.721. The van der Waals surface area contributed by atoms with Crippen molar-refractivity contribution >= 4 is 11.8 Å². The number of Topliss-reactive ketones (excluding diaryl/α,β-unsaturated/α-hetero) is 1. The molecule has 0 aliphatic heterocycles. The lowest BCUT2D eigenvalue weighted by atomic mass is 9.75. The van der Waals surface area contributed by atoms with Crippen LogP contribution in [-0.4, -0.2) is 16.9 Å². The van der Waals surface area contributed by atoms with Crippen LogP contribution in [-0.2, 0) is 9.59 Å². The van der Waals surface area contributed by atoms with Crippen LogP contribution in [0.4, 0.5) is 0 Å². The number of hydrogen-bond acceptors (Lipinski definition) is 2. The molecule has 0 heterocycles. The minimum absolute atomic E-state index is 0.0457. The number of rotatable bonds is 5. The van der Waals surface area contributed by atoms with Gasteiger partial charge in [-0.05, 0) is 26.2 Å². The van der Waals surface area contributed by atoms with Crippen LogP contribution in [0.3, 0.4) is 0 Å². The topological polar surface area (TPSA) is 54.4 Å². The Kier molecular flexibility index (Phi) is 4.11. The second kappa shape index (κ2) is 4.40. The predicted octanol–water partition coefficient (Wildman–Crippen LogP) is 2.10. The van der Waals surface area contributed by atoms with E-state index in [1.165, 1.54) is 6.92 Å². The summed E-state index contributed by atoms with van der Waals surface area (Å²) in [4.78, 5) is 21.7.